The number of rotatable bonds is 19. The highest BCUT2D eigenvalue weighted by Gasteiger charge is 2.66. The fraction of sp³-hybridized carbons (Fsp3) is 0.491. The number of benzene rings is 3. The van der Waals surface area contributed by atoms with E-state index in [1.807, 2.05) is 78.6 Å². The van der Waals surface area contributed by atoms with Crippen LogP contribution in [-0.4, -0.2) is 133 Å². The molecule has 7 atom stereocenters. The fourth-order valence-corrected chi connectivity index (χ4v) is 15.1. The average molecular weight is 1060 g/mol. The van der Waals surface area contributed by atoms with Gasteiger partial charge in [-0.25, -0.2) is 14.8 Å². The molecular formula is C57H67N7O11S. The number of carboxylic acid groups (broad SMARTS) is 1. The van der Waals surface area contributed by atoms with E-state index in [4.69, 9.17) is 29.0 Å². The SMILES string of the molecule is Cc1c(-c2ccc(N3CCc4cccc(C(=O)Nc5nc6ccccc6s5)c4C3)nc2C(=O)O)cnn1CC12CC3(C)CC(C)(C1)CC(OCCOCCNCc1ccc(O[C@H]4O[C@@H](CO)[C@H](O)[C@H](O)[C@@H]4O)cc1)(C3)C2. The average Bonchev–Trinajstić information content (AvgIpc) is 4.11. The van der Waals surface area contributed by atoms with Gasteiger partial charge < -0.3 is 54.7 Å². The number of amides is 1. The molecule has 5 heterocycles. The number of carbonyl (C=O) groups is 2. The molecule has 5 fully saturated rings. The molecule has 402 valence electrons. The number of aliphatic hydroxyl groups excluding tert-OH is 4. The summed E-state index contributed by atoms with van der Waals surface area (Å²) < 4.78 is 27.2. The molecule has 4 saturated carbocycles. The highest BCUT2D eigenvalue weighted by atomic mass is 32.1. The Balaban J connectivity index is 0.693. The third-order valence-electron chi connectivity index (χ3n) is 16.4. The number of hydrogen-bond acceptors (Lipinski definition) is 16. The number of nitrogens with one attached hydrogen (secondary N) is 2. The minimum absolute atomic E-state index is 0.0384. The molecule has 12 rings (SSSR count). The van der Waals surface area contributed by atoms with Gasteiger partial charge in [0.05, 0.1) is 48.4 Å². The van der Waals surface area contributed by atoms with Crippen molar-refractivity contribution in [2.45, 2.75) is 122 Å². The summed E-state index contributed by atoms with van der Waals surface area (Å²) in [5.74, 6) is -0.413. The Hall–Kier alpha value is -5.87. The lowest BCUT2D eigenvalue weighted by Crippen LogP contribution is -2.64. The Labute approximate surface area is 445 Å². The first-order valence-corrected chi connectivity index (χ1v) is 27.1. The Morgan fingerprint density at radius 2 is 1.64 bits per heavy atom. The van der Waals surface area contributed by atoms with Crippen LogP contribution in [0.5, 0.6) is 5.75 Å². The van der Waals surface area contributed by atoms with E-state index in [-0.39, 0.29) is 33.4 Å². The van der Waals surface area contributed by atoms with Crippen LogP contribution in [0.25, 0.3) is 21.3 Å². The molecule has 76 heavy (non-hydrogen) atoms. The summed E-state index contributed by atoms with van der Waals surface area (Å²) >= 11 is 1.43. The summed E-state index contributed by atoms with van der Waals surface area (Å²) in [6.45, 7) is 10.8. The molecule has 0 spiro atoms. The molecule has 2 unspecified atom stereocenters. The van der Waals surface area contributed by atoms with Gasteiger partial charge in [0.1, 0.15) is 36.0 Å². The first-order valence-electron chi connectivity index (χ1n) is 26.3. The third kappa shape index (κ3) is 10.5. The second-order valence-corrected chi connectivity index (χ2v) is 23.7. The maximum absolute atomic E-state index is 13.7. The number of aromatic nitrogens is 4. The standard InChI is InChI=1S/C57H67N7O11S/c1-34-40(38-15-16-45(61-46(38)51(70)71)63-19-17-36-7-6-8-39(41(36)25-63)50(69)62-53-60-42-9-4-5-10-44(42)76-53)24-59-64(34)33-56-28-54(2)27-55(3,29-56)31-57(30-54,32-56)73-22-21-72-20-18-58-23-35-11-13-37(14-12-35)74-52-49(68)48(67)47(66)43(26-65)75-52/h4-16,24,43,47-49,52,58,65-68H,17-23,25-33H2,1-3H3,(H,70,71)(H,60,62,69)/t43-,47-,48-,49-,52-,54?,55?,56?,57?/m0/s1. The number of ether oxygens (including phenoxy) is 4. The summed E-state index contributed by atoms with van der Waals surface area (Å²) in [5.41, 5.74) is 6.39. The zero-order valence-electron chi connectivity index (χ0n) is 43.1. The summed E-state index contributed by atoms with van der Waals surface area (Å²) in [5, 5.41) is 62.4. The molecular weight excluding hydrogens is 991 g/mol. The number of aromatic carboxylic acids is 1. The lowest BCUT2D eigenvalue weighted by molar-refractivity contribution is -0.277. The number of carboxylic acids is 1. The van der Waals surface area contributed by atoms with Gasteiger partial charge in [0.2, 0.25) is 6.29 Å². The number of fused-ring (bicyclic) bond motifs is 2. The van der Waals surface area contributed by atoms with Crippen molar-refractivity contribution in [1.29, 1.82) is 0 Å². The van der Waals surface area contributed by atoms with Gasteiger partial charge >= 0.3 is 5.97 Å². The largest absolute Gasteiger partial charge is 0.476 e. The van der Waals surface area contributed by atoms with Gasteiger partial charge in [-0.2, -0.15) is 5.10 Å². The van der Waals surface area contributed by atoms with E-state index in [1.54, 1.807) is 18.3 Å². The number of carbonyl (C=O) groups excluding carboxylic acids is 1. The van der Waals surface area contributed by atoms with E-state index in [9.17, 15) is 35.1 Å². The van der Waals surface area contributed by atoms with Gasteiger partial charge in [0.15, 0.2) is 10.8 Å². The molecule has 7 N–H and O–H groups in total. The van der Waals surface area contributed by atoms with E-state index in [0.29, 0.717) is 86.8 Å². The number of anilines is 2. The number of pyridine rings is 1. The first-order chi connectivity index (χ1) is 36.5. The molecule has 4 aliphatic carbocycles. The monoisotopic (exact) mass is 1060 g/mol. The summed E-state index contributed by atoms with van der Waals surface area (Å²) in [6.07, 6.45) is 1.99. The summed E-state index contributed by atoms with van der Waals surface area (Å²) in [7, 11) is 0. The molecule has 1 saturated heterocycles. The second-order valence-electron chi connectivity index (χ2n) is 22.7. The number of aliphatic hydroxyl groups is 4. The van der Waals surface area contributed by atoms with Gasteiger partial charge in [0, 0.05) is 55.1 Å². The zero-order chi connectivity index (χ0) is 53.0. The van der Waals surface area contributed by atoms with Crippen LogP contribution in [0.1, 0.15) is 95.6 Å². The van der Waals surface area contributed by atoms with Gasteiger partial charge in [-0.15, -0.1) is 0 Å². The van der Waals surface area contributed by atoms with E-state index in [1.165, 1.54) is 11.3 Å². The van der Waals surface area contributed by atoms with E-state index >= 15 is 0 Å². The van der Waals surface area contributed by atoms with Crippen LogP contribution in [0.4, 0.5) is 10.9 Å². The maximum Gasteiger partial charge on any atom is 0.355 e. The quantitative estimate of drug-likeness (QED) is 0.0429. The molecule has 3 aromatic heterocycles. The van der Waals surface area contributed by atoms with E-state index in [2.05, 4.69) is 34.1 Å². The van der Waals surface area contributed by atoms with Crippen LogP contribution >= 0.6 is 11.3 Å². The van der Waals surface area contributed by atoms with Crippen molar-refractivity contribution in [3.8, 4) is 16.9 Å². The van der Waals surface area contributed by atoms with Crippen LogP contribution in [0.3, 0.4) is 0 Å². The first kappa shape index (κ1) is 52.2. The predicted octanol–water partition coefficient (Wildman–Crippen LogP) is 6.50. The van der Waals surface area contributed by atoms with Crippen molar-refractivity contribution in [1.82, 2.24) is 25.1 Å². The molecule has 6 aliphatic rings. The highest BCUT2D eigenvalue weighted by molar-refractivity contribution is 7.22. The van der Waals surface area contributed by atoms with Crippen molar-refractivity contribution in [2.24, 2.45) is 16.2 Å². The normalized spacial score (nSPS) is 28.7. The molecule has 4 bridgehead atoms. The Kier molecular flexibility index (Phi) is 14.3. The van der Waals surface area contributed by atoms with Crippen LogP contribution < -0.4 is 20.3 Å². The second kappa shape index (κ2) is 20.8. The Morgan fingerprint density at radius 3 is 2.41 bits per heavy atom. The van der Waals surface area contributed by atoms with Crippen molar-refractivity contribution >= 4 is 44.4 Å². The molecule has 19 heteroatoms. The number of para-hydroxylation sites is 1. The number of hydrogen-bond donors (Lipinski definition) is 7. The van der Waals surface area contributed by atoms with E-state index in [0.717, 1.165) is 76.7 Å². The molecule has 3 aromatic carbocycles. The number of nitrogens with zero attached hydrogens (tertiary/aromatic N) is 5. The van der Waals surface area contributed by atoms with Gasteiger partial charge in [-0.3, -0.25) is 14.8 Å². The van der Waals surface area contributed by atoms with Crippen LogP contribution in [0.2, 0.25) is 0 Å². The smallest absolute Gasteiger partial charge is 0.355 e. The molecule has 18 nitrogen and oxygen atoms in total. The van der Waals surface area contributed by atoms with Crippen molar-refractivity contribution < 1.29 is 54.1 Å². The third-order valence-corrected chi connectivity index (χ3v) is 17.3. The molecule has 6 aromatic rings. The van der Waals surface area contributed by atoms with Crippen molar-refractivity contribution in [3.05, 3.63) is 119 Å². The van der Waals surface area contributed by atoms with Gasteiger partial charge in [-0.1, -0.05) is 61.6 Å². The highest BCUT2D eigenvalue weighted by Crippen LogP contribution is 2.72. The maximum atomic E-state index is 13.7. The predicted molar refractivity (Wildman–Crippen MR) is 284 cm³/mol. The lowest BCUT2D eigenvalue weighted by Gasteiger charge is -2.69. The van der Waals surface area contributed by atoms with Crippen LogP contribution in [0.15, 0.2) is 85.1 Å². The van der Waals surface area contributed by atoms with Gasteiger partial charge in [-0.05, 0) is 127 Å². The molecule has 0 radical (unpaired) electrons. The van der Waals surface area contributed by atoms with Crippen molar-refractivity contribution in [3.63, 3.8) is 0 Å². The minimum Gasteiger partial charge on any atom is -0.476 e. The van der Waals surface area contributed by atoms with Crippen LogP contribution in [-0.2, 0) is 40.3 Å². The number of thiazole rings is 1. The minimum atomic E-state index is -1.51. The lowest BCUT2D eigenvalue weighted by atomic mass is 9.39. The Morgan fingerprint density at radius 1 is 0.855 bits per heavy atom. The van der Waals surface area contributed by atoms with Crippen LogP contribution in [0, 0.1) is 23.2 Å². The van der Waals surface area contributed by atoms with E-state index < -0.39 is 43.3 Å². The van der Waals surface area contributed by atoms with Gasteiger partial charge in [0.25, 0.3) is 5.91 Å². The molecule has 2 aliphatic heterocycles. The zero-order valence-corrected chi connectivity index (χ0v) is 43.9. The summed E-state index contributed by atoms with van der Waals surface area (Å²) in [4.78, 5) is 38.2. The summed E-state index contributed by atoms with van der Waals surface area (Å²) in [6, 6.07) is 24.5. The topological polar surface area (TPSA) is 243 Å². The fourth-order valence-electron chi connectivity index (χ4n) is 14.2. The Bertz CT molecular complexity index is 3060. The molecule has 1 amide bonds. The van der Waals surface area contributed by atoms with Crippen molar-refractivity contribution in [2.75, 3.05) is 49.7 Å².